The molecular formula is C14H20N2O3S2. The van der Waals surface area contributed by atoms with Crippen LogP contribution in [0.5, 0.6) is 0 Å². The van der Waals surface area contributed by atoms with Crippen molar-refractivity contribution in [3.63, 3.8) is 0 Å². The van der Waals surface area contributed by atoms with E-state index >= 15 is 0 Å². The lowest BCUT2D eigenvalue weighted by Gasteiger charge is -2.31. The van der Waals surface area contributed by atoms with Gasteiger partial charge in [-0.3, -0.25) is 0 Å². The summed E-state index contributed by atoms with van der Waals surface area (Å²) in [7, 11) is 0. The highest BCUT2D eigenvalue weighted by Crippen LogP contribution is 2.27. The maximum absolute atomic E-state index is 12.1. The highest BCUT2D eigenvalue weighted by molar-refractivity contribution is 7.99. The summed E-state index contributed by atoms with van der Waals surface area (Å²) >= 11 is 3.09. The minimum absolute atomic E-state index is 0.117. The Morgan fingerprint density at radius 2 is 2.19 bits per heavy atom. The SMILES string of the molecule is CSC1CCCCC1NC(=O)NC(C(=O)O)c1cccs1. The number of hydrogen-bond donors (Lipinski definition) is 3. The molecular weight excluding hydrogens is 308 g/mol. The first kappa shape index (κ1) is 16.2. The molecule has 2 rings (SSSR count). The molecule has 1 saturated carbocycles. The van der Waals surface area contributed by atoms with Gasteiger partial charge in [0.25, 0.3) is 0 Å². The van der Waals surface area contributed by atoms with Gasteiger partial charge in [0.2, 0.25) is 0 Å². The van der Waals surface area contributed by atoms with Crippen molar-refractivity contribution in [2.24, 2.45) is 0 Å². The molecule has 2 amide bonds. The van der Waals surface area contributed by atoms with Gasteiger partial charge < -0.3 is 15.7 Å². The number of hydrogen-bond acceptors (Lipinski definition) is 4. The number of urea groups is 1. The zero-order valence-corrected chi connectivity index (χ0v) is 13.5. The Balaban J connectivity index is 1.94. The van der Waals surface area contributed by atoms with Gasteiger partial charge in [-0.25, -0.2) is 9.59 Å². The topological polar surface area (TPSA) is 78.4 Å². The molecule has 1 aromatic heterocycles. The van der Waals surface area contributed by atoms with Crippen molar-refractivity contribution in [1.29, 1.82) is 0 Å². The van der Waals surface area contributed by atoms with E-state index in [-0.39, 0.29) is 6.04 Å². The van der Waals surface area contributed by atoms with E-state index in [1.54, 1.807) is 29.3 Å². The van der Waals surface area contributed by atoms with Gasteiger partial charge in [0.1, 0.15) is 0 Å². The zero-order chi connectivity index (χ0) is 15.2. The van der Waals surface area contributed by atoms with E-state index in [4.69, 9.17) is 0 Å². The van der Waals surface area contributed by atoms with Gasteiger partial charge in [-0.1, -0.05) is 18.9 Å². The Hall–Kier alpha value is -1.21. The second-order valence-electron chi connectivity index (χ2n) is 5.07. The number of thioether (sulfide) groups is 1. The van der Waals surface area contributed by atoms with Crippen LogP contribution in [0, 0.1) is 0 Å². The largest absolute Gasteiger partial charge is 0.479 e. The number of thiophene rings is 1. The van der Waals surface area contributed by atoms with Crippen molar-refractivity contribution in [2.75, 3.05) is 6.26 Å². The quantitative estimate of drug-likeness (QED) is 0.776. The average molecular weight is 328 g/mol. The molecule has 1 aliphatic rings. The molecule has 0 aliphatic heterocycles. The summed E-state index contributed by atoms with van der Waals surface area (Å²) in [5.41, 5.74) is 0. The Kier molecular flexibility index (Phi) is 5.93. The smallest absolute Gasteiger partial charge is 0.331 e. The zero-order valence-electron chi connectivity index (χ0n) is 11.9. The summed E-state index contributed by atoms with van der Waals surface area (Å²) in [6, 6.07) is 2.23. The summed E-state index contributed by atoms with van der Waals surface area (Å²) < 4.78 is 0. The first-order chi connectivity index (χ1) is 10.1. The fourth-order valence-corrected chi connectivity index (χ4v) is 4.30. The number of carbonyl (C=O) groups excluding carboxylic acids is 1. The van der Waals surface area contributed by atoms with Crippen molar-refractivity contribution in [2.45, 2.75) is 43.0 Å². The normalized spacial score (nSPS) is 23.3. The predicted molar refractivity (Wildman–Crippen MR) is 85.9 cm³/mol. The van der Waals surface area contributed by atoms with Crippen LogP contribution in [0.4, 0.5) is 4.79 Å². The van der Waals surface area contributed by atoms with Gasteiger partial charge in [0, 0.05) is 16.2 Å². The molecule has 5 nitrogen and oxygen atoms in total. The van der Waals surface area contributed by atoms with E-state index in [1.165, 1.54) is 17.8 Å². The van der Waals surface area contributed by atoms with Crippen LogP contribution in [0.2, 0.25) is 0 Å². The first-order valence-corrected chi connectivity index (χ1v) is 9.14. The number of carboxylic acid groups (broad SMARTS) is 1. The maximum Gasteiger partial charge on any atom is 0.331 e. The molecule has 7 heteroatoms. The molecule has 21 heavy (non-hydrogen) atoms. The summed E-state index contributed by atoms with van der Waals surface area (Å²) in [5.74, 6) is -1.04. The van der Waals surface area contributed by atoms with Crippen LogP contribution in [0.15, 0.2) is 17.5 Å². The van der Waals surface area contributed by atoms with E-state index in [2.05, 4.69) is 10.6 Å². The third kappa shape index (κ3) is 4.38. The Labute approximate surface area is 132 Å². The maximum atomic E-state index is 12.1. The van der Waals surface area contributed by atoms with Crippen LogP contribution in [0.25, 0.3) is 0 Å². The molecule has 116 valence electrons. The van der Waals surface area contributed by atoms with Gasteiger partial charge in [0.05, 0.1) is 0 Å². The third-order valence-corrected chi connectivity index (χ3v) is 5.78. The van der Waals surface area contributed by atoms with E-state index < -0.39 is 18.0 Å². The summed E-state index contributed by atoms with van der Waals surface area (Å²) in [6.07, 6.45) is 6.40. The van der Waals surface area contributed by atoms with Gasteiger partial charge in [0.15, 0.2) is 6.04 Å². The number of carboxylic acids is 1. The van der Waals surface area contributed by atoms with E-state index in [9.17, 15) is 14.7 Å². The van der Waals surface area contributed by atoms with Crippen LogP contribution in [0.1, 0.15) is 36.6 Å². The number of rotatable bonds is 5. The predicted octanol–water partition coefficient (Wildman–Crippen LogP) is 2.85. The standard InChI is InChI=1S/C14H20N2O3S2/c1-20-10-6-3-2-5-9(10)15-14(19)16-12(13(17)18)11-7-4-8-21-11/h4,7-10,12H,2-3,5-6H2,1H3,(H,17,18)(H2,15,16,19). The molecule has 3 N–H and O–H groups in total. The number of carbonyl (C=O) groups is 2. The van der Waals surface area contributed by atoms with Crippen LogP contribution in [0.3, 0.4) is 0 Å². The van der Waals surface area contributed by atoms with Crippen molar-refractivity contribution in [3.8, 4) is 0 Å². The van der Waals surface area contributed by atoms with Crippen LogP contribution in [-0.4, -0.2) is 34.7 Å². The molecule has 1 aliphatic carbocycles. The first-order valence-electron chi connectivity index (χ1n) is 6.98. The minimum atomic E-state index is -1.04. The van der Waals surface area contributed by atoms with Crippen molar-refractivity contribution < 1.29 is 14.7 Å². The summed E-state index contributed by atoms with van der Waals surface area (Å²) in [4.78, 5) is 24.0. The highest BCUT2D eigenvalue weighted by atomic mass is 32.2. The summed E-state index contributed by atoms with van der Waals surface area (Å²) in [6.45, 7) is 0. The molecule has 0 saturated heterocycles. The number of aliphatic carboxylic acids is 1. The van der Waals surface area contributed by atoms with E-state index in [1.807, 2.05) is 6.26 Å². The van der Waals surface area contributed by atoms with Crippen LogP contribution in [-0.2, 0) is 4.79 Å². The van der Waals surface area contributed by atoms with Gasteiger partial charge >= 0.3 is 12.0 Å². The Morgan fingerprint density at radius 3 is 2.81 bits per heavy atom. The molecule has 1 aromatic rings. The van der Waals surface area contributed by atoms with Gasteiger partial charge in [-0.2, -0.15) is 11.8 Å². The lowest BCUT2D eigenvalue weighted by Crippen LogP contribution is -2.49. The molecule has 0 radical (unpaired) electrons. The fraction of sp³-hybridized carbons (Fsp3) is 0.571. The third-order valence-electron chi connectivity index (χ3n) is 3.67. The Bertz CT molecular complexity index is 479. The lowest BCUT2D eigenvalue weighted by molar-refractivity contribution is -0.139. The molecule has 1 fully saturated rings. The van der Waals surface area contributed by atoms with Crippen molar-refractivity contribution >= 4 is 35.1 Å². The highest BCUT2D eigenvalue weighted by Gasteiger charge is 2.28. The van der Waals surface area contributed by atoms with Crippen LogP contribution >= 0.6 is 23.1 Å². The van der Waals surface area contributed by atoms with E-state index in [0.29, 0.717) is 10.1 Å². The molecule has 0 bridgehead atoms. The molecule has 1 heterocycles. The Morgan fingerprint density at radius 1 is 1.43 bits per heavy atom. The van der Waals surface area contributed by atoms with Crippen molar-refractivity contribution in [1.82, 2.24) is 10.6 Å². The van der Waals surface area contributed by atoms with Gasteiger partial charge in [-0.05, 0) is 30.5 Å². The second kappa shape index (κ2) is 7.70. The van der Waals surface area contributed by atoms with Gasteiger partial charge in [-0.15, -0.1) is 11.3 Å². The molecule has 3 unspecified atom stereocenters. The summed E-state index contributed by atoms with van der Waals surface area (Å²) in [5, 5.41) is 17.0. The van der Waals surface area contributed by atoms with E-state index in [0.717, 1.165) is 19.3 Å². The monoisotopic (exact) mass is 328 g/mol. The molecule has 0 spiro atoms. The van der Waals surface area contributed by atoms with Crippen LogP contribution < -0.4 is 10.6 Å². The molecule has 3 atom stereocenters. The second-order valence-corrected chi connectivity index (χ2v) is 7.13. The number of amides is 2. The molecule has 0 aromatic carbocycles. The lowest BCUT2D eigenvalue weighted by atomic mass is 9.95. The minimum Gasteiger partial charge on any atom is -0.479 e. The van der Waals surface area contributed by atoms with Crippen molar-refractivity contribution in [3.05, 3.63) is 22.4 Å². The average Bonchev–Trinajstić information content (AvgIpc) is 2.99. The fourth-order valence-electron chi connectivity index (χ4n) is 2.60. The number of nitrogens with one attached hydrogen (secondary N) is 2.